The third-order valence-electron chi connectivity index (χ3n) is 3.13. The second-order valence-electron chi connectivity index (χ2n) is 4.51. The highest BCUT2D eigenvalue weighted by Crippen LogP contribution is 2.31. The zero-order valence-electron chi connectivity index (χ0n) is 10.7. The van der Waals surface area contributed by atoms with Gasteiger partial charge in [-0.25, -0.2) is 9.78 Å². The van der Waals surface area contributed by atoms with Gasteiger partial charge in [0.2, 0.25) is 0 Å². The van der Waals surface area contributed by atoms with Crippen LogP contribution in [0.15, 0.2) is 48.5 Å². The number of nitrogens with zero attached hydrogens (tertiary/aromatic N) is 1. The van der Waals surface area contributed by atoms with Crippen molar-refractivity contribution in [2.24, 2.45) is 0 Å². The first-order valence-electron chi connectivity index (χ1n) is 6.15. The van der Waals surface area contributed by atoms with E-state index in [1.807, 2.05) is 30.3 Å². The summed E-state index contributed by atoms with van der Waals surface area (Å²) in [5.74, 6) is -1.04. The molecular weight excluding hydrogens is 309 g/mol. The Kier molecular flexibility index (Phi) is 3.53. The standard InChI is InChI=1S/C16H9Cl2NO2/c17-10-6-11-12(16(20)21)8-14(9-4-2-1-3-5-9)19-15(11)13(18)7-10/h1-8H,(H,20,21). The van der Waals surface area contributed by atoms with Crippen LogP contribution in [-0.4, -0.2) is 16.1 Å². The Morgan fingerprint density at radius 2 is 1.76 bits per heavy atom. The lowest BCUT2D eigenvalue weighted by Gasteiger charge is -2.09. The van der Waals surface area contributed by atoms with Gasteiger partial charge in [-0.2, -0.15) is 0 Å². The molecule has 0 saturated carbocycles. The lowest BCUT2D eigenvalue weighted by molar-refractivity contribution is 0.0699. The first-order valence-corrected chi connectivity index (χ1v) is 6.90. The van der Waals surface area contributed by atoms with Crippen LogP contribution in [0.4, 0.5) is 0 Å². The van der Waals surface area contributed by atoms with Crippen molar-refractivity contribution in [2.45, 2.75) is 0 Å². The van der Waals surface area contributed by atoms with Gasteiger partial charge in [-0.05, 0) is 18.2 Å². The van der Waals surface area contributed by atoms with Crippen molar-refractivity contribution in [3.8, 4) is 11.3 Å². The lowest BCUT2D eigenvalue weighted by Crippen LogP contribution is -2.00. The fourth-order valence-corrected chi connectivity index (χ4v) is 2.72. The number of pyridine rings is 1. The SMILES string of the molecule is O=C(O)c1cc(-c2ccccc2)nc2c(Cl)cc(Cl)cc12. The molecule has 1 N–H and O–H groups in total. The van der Waals surface area contributed by atoms with E-state index in [1.54, 1.807) is 12.1 Å². The van der Waals surface area contributed by atoms with Crippen LogP contribution in [0.5, 0.6) is 0 Å². The highest BCUT2D eigenvalue weighted by molar-refractivity contribution is 6.38. The first kappa shape index (κ1) is 13.9. The number of carboxylic acids is 1. The molecule has 0 atom stereocenters. The fourth-order valence-electron chi connectivity index (χ4n) is 2.19. The number of hydrogen-bond donors (Lipinski definition) is 1. The number of halogens is 2. The average molecular weight is 318 g/mol. The van der Waals surface area contributed by atoms with Crippen molar-refractivity contribution in [3.63, 3.8) is 0 Å². The van der Waals surface area contributed by atoms with Gasteiger partial charge >= 0.3 is 5.97 Å². The number of carboxylic acid groups (broad SMARTS) is 1. The molecular formula is C16H9Cl2NO2. The van der Waals surface area contributed by atoms with Gasteiger partial charge in [0.25, 0.3) is 0 Å². The van der Waals surface area contributed by atoms with Crippen LogP contribution in [-0.2, 0) is 0 Å². The summed E-state index contributed by atoms with van der Waals surface area (Å²) in [4.78, 5) is 16.0. The van der Waals surface area contributed by atoms with Crippen LogP contribution >= 0.6 is 23.2 Å². The third-order valence-corrected chi connectivity index (χ3v) is 3.64. The molecule has 104 valence electrons. The number of aromatic nitrogens is 1. The summed E-state index contributed by atoms with van der Waals surface area (Å²) in [7, 11) is 0. The molecule has 21 heavy (non-hydrogen) atoms. The van der Waals surface area contributed by atoms with Gasteiger partial charge < -0.3 is 5.11 Å². The van der Waals surface area contributed by atoms with Crippen LogP contribution < -0.4 is 0 Å². The van der Waals surface area contributed by atoms with Gasteiger partial charge in [-0.1, -0.05) is 53.5 Å². The van der Waals surface area contributed by atoms with E-state index in [4.69, 9.17) is 23.2 Å². The fraction of sp³-hybridized carbons (Fsp3) is 0. The maximum atomic E-state index is 11.5. The third kappa shape index (κ3) is 2.58. The number of carbonyl (C=O) groups is 1. The molecule has 0 saturated heterocycles. The van der Waals surface area contributed by atoms with Crippen molar-refractivity contribution in [1.29, 1.82) is 0 Å². The van der Waals surface area contributed by atoms with Crippen molar-refractivity contribution in [3.05, 3.63) is 64.1 Å². The Morgan fingerprint density at radius 3 is 2.43 bits per heavy atom. The predicted molar refractivity (Wildman–Crippen MR) is 84.2 cm³/mol. The second kappa shape index (κ2) is 5.35. The molecule has 1 heterocycles. The van der Waals surface area contributed by atoms with Crippen molar-refractivity contribution in [1.82, 2.24) is 4.98 Å². The molecule has 0 aliphatic heterocycles. The molecule has 0 spiro atoms. The van der Waals surface area contributed by atoms with Crippen LogP contribution in [0, 0.1) is 0 Å². The van der Waals surface area contributed by atoms with Crippen molar-refractivity contribution >= 4 is 40.1 Å². The summed E-state index contributed by atoms with van der Waals surface area (Å²) < 4.78 is 0. The minimum atomic E-state index is -1.04. The Morgan fingerprint density at radius 1 is 1.05 bits per heavy atom. The number of rotatable bonds is 2. The summed E-state index contributed by atoms with van der Waals surface area (Å²) >= 11 is 12.1. The maximum absolute atomic E-state index is 11.5. The molecule has 3 nitrogen and oxygen atoms in total. The van der Waals surface area contributed by atoms with E-state index >= 15 is 0 Å². The monoisotopic (exact) mass is 317 g/mol. The largest absolute Gasteiger partial charge is 0.478 e. The van der Waals surface area contributed by atoms with E-state index in [0.29, 0.717) is 26.6 Å². The van der Waals surface area contributed by atoms with E-state index in [1.165, 1.54) is 6.07 Å². The molecule has 5 heteroatoms. The zero-order chi connectivity index (χ0) is 15.0. The van der Waals surface area contributed by atoms with Crippen molar-refractivity contribution < 1.29 is 9.90 Å². The van der Waals surface area contributed by atoms with Crippen LogP contribution in [0.25, 0.3) is 22.2 Å². The normalized spacial score (nSPS) is 10.8. The maximum Gasteiger partial charge on any atom is 0.336 e. The molecule has 0 bridgehead atoms. The topological polar surface area (TPSA) is 50.2 Å². The predicted octanol–water partition coefficient (Wildman–Crippen LogP) is 4.91. The molecule has 0 fully saturated rings. The van der Waals surface area contributed by atoms with Gasteiger partial charge in [0.15, 0.2) is 0 Å². The van der Waals surface area contributed by atoms with E-state index < -0.39 is 5.97 Å². The number of benzene rings is 2. The Labute approximate surface area is 130 Å². The molecule has 3 aromatic rings. The minimum absolute atomic E-state index is 0.128. The van der Waals surface area contributed by atoms with Gasteiger partial charge in [-0.3, -0.25) is 0 Å². The highest BCUT2D eigenvalue weighted by atomic mass is 35.5. The van der Waals surface area contributed by atoms with E-state index in [0.717, 1.165) is 5.56 Å². The summed E-state index contributed by atoms with van der Waals surface area (Å²) in [5, 5.41) is 10.6. The number of fused-ring (bicyclic) bond motifs is 1. The molecule has 0 radical (unpaired) electrons. The van der Waals surface area contributed by atoms with Crippen molar-refractivity contribution in [2.75, 3.05) is 0 Å². The smallest absolute Gasteiger partial charge is 0.336 e. The Balaban J connectivity index is 2.38. The molecule has 0 aliphatic carbocycles. The lowest BCUT2D eigenvalue weighted by atomic mass is 10.0. The van der Waals surface area contributed by atoms with Crippen LogP contribution in [0.2, 0.25) is 10.0 Å². The van der Waals surface area contributed by atoms with Crippen LogP contribution in [0.1, 0.15) is 10.4 Å². The van der Waals surface area contributed by atoms with E-state index in [2.05, 4.69) is 4.98 Å². The zero-order valence-corrected chi connectivity index (χ0v) is 12.2. The van der Waals surface area contributed by atoms with Crippen LogP contribution in [0.3, 0.4) is 0 Å². The molecule has 0 unspecified atom stereocenters. The Hall–Kier alpha value is -2.10. The highest BCUT2D eigenvalue weighted by Gasteiger charge is 2.15. The molecule has 0 amide bonds. The summed E-state index contributed by atoms with van der Waals surface area (Å²) in [5.41, 5.74) is 1.95. The van der Waals surface area contributed by atoms with Gasteiger partial charge in [0.1, 0.15) is 0 Å². The Bertz CT molecular complexity index is 848. The second-order valence-corrected chi connectivity index (χ2v) is 5.35. The molecule has 1 aromatic heterocycles. The molecule has 2 aromatic carbocycles. The summed E-state index contributed by atoms with van der Waals surface area (Å²) in [6, 6.07) is 14.0. The summed E-state index contributed by atoms with van der Waals surface area (Å²) in [6.45, 7) is 0. The van der Waals surface area contributed by atoms with Gasteiger partial charge in [-0.15, -0.1) is 0 Å². The average Bonchev–Trinajstić information content (AvgIpc) is 2.47. The van der Waals surface area contributed by atoms with E-state index in [9.17, 15) is 9.90 Å². The molecule has 0 aliphatic rings. The minimum Gasteiger partial charge on any atom is -0.478 e. The van der Waals surface area contributed by atoms with Gasteiger partial charge in [0, 0.05) is 16.0 Å². The quantitative estimate of drug-likeness (QED) is 0.730. The van der Waals surface area contributed by atoms with E-state index in [-0.39, 0.29) is 5.56 Å². The number of aromatic carboxylic acids is 1. The molecule has 3 rings (SSSR count). The summed E-state index contributed by atoms with van der Waals surface area (Å²) in [6.07, 6.45) is 0. The van der Waals surface area contributed by atoms with Gasteiger partial charge in [0.05, 0.1) is 21.8 Å². The number of hydrogen-bond acceptors (Lipinski definition) is 2. The first-order chi connectivity index (χ1) is 10.1.